The summed E-state index contributed by atoms with van der Waals surface area (Å²) in [6.45, 7) is 5.49. The zero-order valence-electron chi connectivity index (χ0n) is 14.7. The summed E-state index contributed by atoms with van der Waals surface area (Å²) in [6.07, 6.45) is 1.54. The van der Waals surface area contributed by atoms with Crippen LogP contribution in [0.1, 0.15) is 35.7 Å². The zero-order valence-corrected chi connectivity index (χ0v) is 14.7. The summed E-state index contributed by atoms with van der Waals surface area (Å²) in [5.74, 6) is -0.995. The van der Waals surface area contributed by atoms with Crippen LogP contribution < -0.4 is 4.90 Å². The lowest BCUT2D eigenvalue weighted by Crippen LogP contribution is -2.25. The largest absolute Gasteiger partial charge is 0.451 e. The molecule has 1 aromatic heterocycles. The quantitative estimate of drug-likeness (QED) is 0.629. The number of fused-ring (bicyclic) bond motifs is 1. The first kappa shape index (κ1) is 17.0. The summed E-state index contributed by atoms with van der Waals surface area (Å²) in [4.78, 5) is 26.1. The molecule has 3 rings (SSSR count). The Labute approximate surface area is 146 Å². The number of nitrogens with zero attached hydrogens (tertiary/aromatic N) is 2. The highest BCUT2D eigenvalue weighted by Gasteiger charge is 2.38. The van der Waals surface area contributed by atoms with Crippen molar-refractivity contribution in [3.63, 3.8) is 0 Å². The molecular formula is C19H20N2O4. The molecule has 2 aromatic rings. The third kappa shape index (κ3) is 3.07. The molecule has 0 saturated heterocycles. The molecule has 1 aliphatic heterocycles. The Morgan fingerprint density at radius 1 is 1.32 bits per heavy atom. The van der Waals surface area contributed by atoms with Gasteiger partial charge in [-0.15, -0.1) is 0 Å². The molecule has 0 amide bonds. The predicted molar refractivity (Wildman–Crippen MR) is 92.5 cm³/mol. The molecule has 0 fully saturated rings. The molecule has 0 atom stereocenters. The van der Waals surface area contributed by atoms with E-state index in [0.717, 1.165) is 16.9 Å². The van der Waals surface area contributed by atoms with E-state index in [4.69, 9.17) is 9.26 Å². The van der Waals surface area contributed by atoms with Crippen molar-refractivity contribution in [3.8, 4) is 0 Å². The van der Waals surface area contributed by atoms with E-state index in [1.807, 2.05) is 30.1 Å². The minimum absolute atomic E-state index is 0.0105. The lowest BCUT2D eigenvalue weighted by Gasteiger charge is -2.23. The van der Waals surface area contributed by atoms with Gasteiger partial charge in [0, 0.05) is 36.0 Å². The average Bonchev–Trinajstić information content (AvgIpc) is 3.09. The highest BCUT2D eigenvalue weighted by atomic mass is 16.6. The summed E-state index contributed by atoms with van der Waals surface area (Å²) < 4.78 is 9.83. The summed E-state index contributed by atoms with van der Waals surface area (Å²) in [5.41, 5.74) is 3.37. The minimum atomic E-state index is -0.699. The number of carbonyl (C=O) groups excluding carboxylic acids is 2. The third-order valence-electron chi connectivity index (χ3n) is 4.41. The van der Waals surface area contributed by atoms with Crippen LogP contribution in [0.25, 0.3) is 0 Å². The first-order chi connectivity index (χ1) is 11.8. The van der Waals surface area contributed by atoms with E-state index in [-0.39, 0.29) is 23.6 Å². The van der Waals surface area contributed by atoms with Crippen LogP contribution in [0.5, 0.6) is 0 Å². The van der Waals surface area contributed by atoms with Crippen molar-refractivity contribution in [2.75, 3.05) is 18.6 Å². The maximum atomic E-state index is 12.3. The molecule has 6 nitrogen and oxygen atoms in total. The number of allylic oxidation sites excluding steroid dienone is 1. The smallest absolute Gasteiger partial charge is 0.377 e. The first-order valence-corrected chi connectivity index (χ1v) is 7.99. The van der Waals surface area contributed by atoms with Gasteiger partial charge in [0.1, 0.15) is 0 Å². The fraction of sp³-hybridized carbons (Fsp3) is 0.316. The highest BCUT2D eigenvalue weighted by molar-refractivity contribution is 5.95. The van der Waals surface area contributed by atoms with Gasteiger partial charge in [0.25, 0.3) is 0 Å². The Bertz CT molecular complexity index is 864. The molecule has 0 radical (unpaired) electrons. The number of aromatic nitrogens is 1. The van der Waals surface area contributed by atoms with Crippen molar-refractivity contribution in [2.24, 2.45) is 0 Å². The molecule has 130 valence electrons. The molecule has 0 aliphatic carbocycles. The van der Waals surface area contributed by atoms with Crippen molar-refractivity contribution in [3.05, 3.63) is 59.1 Å². The topological polar surface area (TPSA) is 72.6 Å². The van der Waals surface area contributed by atoms with Gasteiger partial charge in [0.05, 0.1) is 5.69 Å². The van der Waals surface area contributed by atoms with Crippen molar-refractivity contribution in [2.45, 2.75) is 26.2 Å². The second kappa shape index (κ2) is 6.20. The third-order valence-corrected chi connectivity index (χ3v) is 4.41. The van der Waals surface area contributed by atoms with Gasteiger partial charge in [-0.25, -0.2) is 4.79 Å². The standard InChI is InChI=1S/C19H20N2O4/c1-12-9-16(25-20-12)18(23)24-11-13(22)10-17-19(2,3)14-7-5-6-8-15(14)21(17)4/h5-10H,11H2,1-4H3. The van der Waals surface area contributed by atoms with Gasteiger partial charge in [-0.3, -0.25) is 4.79 Å². The lowest BCUT2D eigenvalue weighted by atomic mass is 9.83. The molecule has 0 bridgehead atoms. The molecule has 0 saturated carbocycles. The van der Waals surface area contributed by atoms with Crippen LogP contribution in [0.4, 0.5) is 5.69 Å². The van der Waals surface area contributed by atoms with Gasteiger partial charge < -0.3 is 14.2 Å². The number of likely N-dealkylation sites (N-methyl/N-ethyl adjacent to an activating group) is 1. The molecule has 1 aromatic carbocycles. The Morgan fingerprint density at radius 2 is 2.04 bits per heavy atom. The van der Waals surface area contributed by atoms with Crippen LogP contribution in [-0.4, -0.2) is 30.6 Å². The second-order valence-corrected chi connectivity index (χ2v) is 6.61. The number of esters is 1. The SMILES string of the molecule is Cc1cc(C(=O)OCC(=O)C=C2N(C)c3ccccc3C2(C)C)on1. The number of ether oxygens (including phenoxy) is 1. The van der Waals surface area contributed by atoms with Crippen LogP contribution in [-0.2, 0) is 14.9 Å². The maximum Gasteiger partial charge on any atom is 0.377 e. The van der Waals surface area contributed by atoms with E-state index in [2.05, 4.69) is 25.1 Å². The van der Waals surface area contributed by atoms with E-state index < -0.39 is 5.97 Å². The first-order valence-electron chi connectivity index (χ1n) is 7.99. The maximum absolute atomic E-state index is 12.3. The predicted octanol–water partition coefficient (Wildman–Crippen LogP) is 3.02. The van der Waals surface area contributed by atoms with Crippen LogP contribution >= 0.6 is 0 Å². The van der Waals surface area contributed by atoms with E-state index in [0.29, 0.717) is 5.69 Å². The van der Waals surface area contributed by atoms with Gasteiger partial charge in [-0.05, 0) is 18.6 Å². The molecular weight excluding hydrogens is 320 g/mol. The fourth-order valence-electron chi connectivity index (χ4n) is 3.12. The Hall–Kier alpha value is -2.89. The normalized spacial score (nSPS) is 16.8. The number of anilines is 1. The average molecular weight is 340 g/mol. The summed E-state index contributed by atoms with van der Waals surface area (Å²) >= 11 is 0. The van der Waals surface area contributed by atoms with Crippen LogP contribution in [0.15, 0.2) is 46.6 Å². The summed E-state index contributed by atoms with van der Waals surface area (Å²) in [5, 5.41) is 3.62. The van der Waals surface area contributed by atoms with E-state index in [9.17, 15) is 9.59 Å². The molecule has 0 unspecified atom stereocenters. The van der Waals surface area contributed by atoms with Gasteiger partial charge in [-0.2, -0.15) is 0 Å². The van der Waals surface area contributed by atoms with Crippen molar-refractivity contribution < 1.29 is 18.8 Å². The number of hydrogen-bond donors (Lipinski definition) is 0. The highest BCUT2D eigenvalue weighted by Crippen LogP contribution is 2.46. The molecule has 25 heavy (non-hydrogen) atoms. The number of ketones is 1. The Kier molecular flexibility index (Phi) is 4.20. The summed E-state index contributed by atoms with van der Waals surface area (Å²) in [6, 6.07) is 9.51. The van der Waals surface area contributed by atoms with Crippen LogP contribution in [0, 0.1) is 6.92 Å². The van der Waals surface area contributed by atoms with Gasteiger partial charge in [-0.1, -0.05) is 37.2 Å². The van der Waals surface area contributed by atoms with E-state index in [1.165, 1.54) is 6.07 Å². The van der Waals surface area contributed by atoms with Crippen LogP contribution in [0.2, 0.25) is 0 Å². The molecule has 2 heterocycles. The number of hydrogen-bond acceptors (Lipinski definition) is 6. The number of para-hydroxylation sites is 1. The molecule has 0 spiro atoms. The van der Waals surface area contributed by atoms with Gasteiger partial charge in [0.2, 0.25) is 5.76 Å². The second-order valence-electron chi connectivity index (χ2n) is 6.61. The molecule has 0 N–H and O–H groups in total. The van der Waals surface area contributed by atoms with Crippen molar-refractivity contribution in [1.82, 2.24) is 5.16 Å². The Balaban J connectivity index is 1.72. The molecule has 6 heteroatoms. The Morgan fingerprint density at radius 3 is 2.68 bits per heavy atom. The fourth-order valence-corrected chi connectivity index (χ4v) is 3.12. The minimum Gasteiger partial charge on any atom is -0.451 e. The van der Waals surface area contributed by atoms with Gasteiger partial charge in [0.15, 0.2) is 12.4 Å². The van der Waals surface area contributed by atoms with E-state index in [1.54, 1.807) is 13.0 Å². The van der Waals surface area contributed by atoms with Crippen molar-refractivity contribution >= 4 is 17.4 Å². The number of benzene rings is 1. The number of aryl methyl sites for hydroxylation is 1. The lowest BCUT2D eigenvalue weighted by molar-refractivity contribution is -0.117. The monoisotopic (exact) mass is 340 g/mol. The van der Waals surface area contributed by atoms with Crippen LogP contribution in [0.3, 0.4) is 0 Å². The molecule has 1 aliphatic rings. The van der Waals surface area contributed by atoms with E-state index >= 15 is 0 Å². The number of rotatable bonds is 4. The zero-order chi connectivity index (χ0) is 18.2. The van der Waals surface area contributed by atoms with Gasteiger partial charge >= 0.3 is 5.97 Å². The van der Waals surface area contributed by atoms with Crippen molar-refractivity contribution in [1.29, 1.82) is 0 Å². The number of carbonyl (C=O) groups is 2. The summed E-state index contributed by atoms with van der Waals surface area (Å²) in [7, 11) is 1.93.